The minimum absolute atomic E-state index is 0.0424. The van der Waals surface area contributed by atoms with E-state index in [0.717, 1.165) is 16.2 Å². The van der Waals surface area contributed by atoms with Crippen molar-refractivity contribution in [1.82, 2.24) is 10.2 Å². The van der Waals surface area contributed by atoms with Crippen LogP contribution in [0.15, 0.2) is 24.3 Å². The number of benzene rings is 1. The molecule has 104 valence electrons. The number of rotatable bonds is 2. The lowest BCUT2D eigenvalue weighted by atomic mass is 10.1. The highest BCUT2D eigenvalue weighted by atomic mass is 16.2. The Morgan fingerprint density at radius 2 is 2.05 bits per heavy atom. The maximum absolute atomic E-state index is 12.2. The van der Waals surface area contributed by atoms with Gasteiger partial charge in [0.15, 0.2) is 0 Å². The van der Waals surface area contributed by atoms with Gasteiger partial charge in [0.2, 0.25) is 11.8 Å². The van der Waals surface area contributed by atoms with Crippen LogP contribution in [-0.2, 0) is 20.8 Å². The lowest BCUT2D eigenvalue weighted by Crippen LogP contribution is -2.46. The molecule has 3 rings (SSSR count). The number of likely N-dealkylation sites (N-methyl/N-ethyl adjacent to an activating group) is 1. The van der Waals surface area contributed by atoms with Gasteiger partial charge in [0, 0.05) is 19.2 Å². The number of anilines is 1. The zero-order chi connectivity index (χ0) is 14.3. The maximum atomic E-state index is 12.2. The second-order valence-corrected chi connectivity index (χ2v) is 5.11. The third-order valence-electron chi connectivity index (χ3n) is 3.79. The lowest BCUT2D eigenvalue weighted by molar-refractivity contribution is -0.138. The van der Waals surface area contributed by atoms with Crippen LogP contribution in [-0.4, -0.2) is 41.8 Å². The first-order valence-electron chi connectivity index (χ1n) is 6.51. The Balaban J connectivity index is 1.65. The third kappa shape index (κ3) is 2.03. The van der Waals surface area contributed by atoms with E-state index in [9.17, 15) is 14.4 Å². The molecule has 1 unspecified atom stereocenters. The molecule has 2 N–H and O–H groups in total. The standard InChI is InChI=1S/C14H15N3O3/c1-17-12(18)7-11(14(17)20)16-13(19)10-6-8-4-2-3-5-9(8)15-10/h2-5,10-11,15H,6-7H2,1H3,(H,16,19)/t10-,11?/m0/s1. The van der Waals surface area contributed by atoms with Crippen molar-refractivity contribution in [1.29, 1.82) is 0 Å². The molecule has 1 aromatic carbocycles. The van der Waals surface area contributed by atoms with Crippen LogP contribution in [0.2, 0.25) is 0 Å². The van der Waals surface area contributed by atoms with Crippen molar-refractivity contribution in [3.05, 3.63) is 29.8 Å². The minimum atomic E-state index is -0.731. The van der Waals surface area contributed by atoms with E-state index in [2.05, 4.69) is 10.6 Å². The van der Waals surface area contributed by atoms with Gasteiger partial charge in [0.25, 0.3) is 5.91 Å². The van der Waals surface area contributed by atoms with Gasteiger partial charge >= 0.3 is 0 Å². The van der Waals surface area contributed by atoms with Gasteiger partial charge in [-0.05, 0) is 11.6 Å². The summed E-state index contributed by atoms with van der Waals surface area (Å²) in [6, 6.07) is 6.59. The summed E-state index contributed by atoms with van der Waals surface area (Å²) in [6.45, 7) is 0. The molecule has 3 amide bonds. The van der Waals surface area contributed by atoms with Gasteiger partial charge < -0.3 is 10.6 Å². The van der Waals surface area contributed by atoms with Crippen LogP contribution in [0.5, 0.6) is 0 Å². The van der Waals surface area contributed by atoms with Crippen LogP contribution in [0, 0.1) is 0 Å². The number of nitrogens with one attached hydrogen (secondary N) is 2. The van der Waals surface area contributed by atoms with Gasteiger partial charge in [-0.15, -0.1) is 0 Å². The first-order valence-corrected chi connectivity index (χ1v) is 6.51. The van der Waals surface area contributed by atoms with Crippen LogP contribution in [0.1, 0.15) is 12.0 Å². The summed E-state index contributed by atoms with van der Waals surface area (Å²) in [7, 11) is 1.43. The van der Waals surface area contributed by atoms with E-state index in [-0.39, 0.29) is 30.2 Å². The second-order valence-electron chi connectivity index (χ2n) is 5.11. The number of para-hydroxylation sites is 1. The highest BCUT2D eigenvalue weighted by Gasteiger charge is 2.38. The first-order chi connectivity index (χ1) is 9.56. The lowest BCUT2D eigenvalue weighted by Gasteiger charge is -2.15. The van der Waals surface area contributed by atoms with Gasteiger partial charge in [-0.2, -0.15) is 0 Å². The number of carbonyl (C=O) groups is 3. The molecular weight excluding hydrogens is 258 g/mol. The van der Waals surface area contributed by atoms with Crippen LogP contribution >= 0.6 is 0 Å². The quantitative estimate of drug-likeness (QED) is 0.737. The van der Waals surface area contributed by atoms with Gasteiger partial charge in [0.1, 0.15) is 12.1 Å². The Hall–Kier alpha value is -2.37. The molecule has 6 heteroatoms. The van der Waals surface area contributed by atoms with Gasteiger partial charge in [-0.1, -0.05) is 18.2 Å². The molecule has 0 radical (unpaired) electrons. The topological polar surface area (TPSA) is 78.5 Å². The van der Waals surface area contributed by atoms with Crippen molar-refractivity contribution in [3.63, 3.8) is 0 Å². The average molecular weight is 273 g/mol. The number of hydrogen-bond donors (Lipinski definition) is 2. The molecular formula is C14H15N3O3. The fourth-order valence-corrected chi connectivity index (χ4v) is 2.60. The molecule has 2 atom stereocenters. The summed E-state index contributed by atoms with van der Waals surface area (Å²) in [4.78, 5) is 36.4. The highest BCUT2D eigenvalue weighted by molar-refractivity contribution is 6.07. The molecule has 0 saturated carbocycles. The number of hydrogen-bond acceptors (Lipinski definition) is 4. The van der Waals surface area contributed by atoms with Crippen molar-refractivity contribution < 1.29 is 14.4 Å². The monoisotopic (exact) mass is 273 g/mol. The van der Waals surface area contributed by atoms with Crippen molar-refractivity contribution in [2.75, 3.05) is 12.4 Å². The SMILES string of the molecule is CN1C(=O)CC(NC(=O)[C@@H]2Cc3ccccc3N2)C1=O. The Morgan fingerprint density at radius 1 is 1.30 bits per heavy atom. The van der Waals surface area contributed by atoms with E-state index < -0.39 is 6.04 Å². The predicted molar refractivity (Wildman–Crippen MR) is 71.9 cm³/mol. The fraction of sp³-hybridized carbons (Fsp3) is 0.357. The molecule has 0 aromatic heterocycles. The largest absolute Gasteiger partial charge is 0.373 e. The van der Waals surface area contributed by atoms with Crippen LogP contribution < -0.4 is 10.6 Å². The molecule has 2 aliphatic rings. The molecule has 1 aromatic rings. The zero-order valence-corrected chi connectivity index (χ0v) is 11.1. The molecule has 2 aliphatic heterocycles. The smallest absolute Gasteiger partial charge is 0.252 e. The predicted octanol–water partition coefficient (Wildman–Crippen LogP) is -0.103. The highest BCUT2D eigenvalue weighted by Crippen LogP contribution is 2.25. The fourth-order valence-electron chi connectivity index (χ4n) is 2.60. The summed E-state index contributed by atoms with van der Waals surface area (Å²) in [5, 5.41) is 5.78. The number of fused-ring (bicyclic) bond motifs is 1. The first kappa shape index (κ1) is 12.7. The van der Waals surface area contributed by atoms with Crippen LogP contribution in [0.25, 0.3) is 0 Å². The van der Waals surface area contributed by atoms with Gasteiger partial charge in [0.05, 0.1) is 6.42 Å². The summed E-state index contributed by atoms with van der Waals surface area (Å²) in [5.41, 5.74) is 2.03. The van der Waals surface area contributed by atoms with Gasteiger partial charge in [-0.25, -0.2) is 0 Å². The van der Waals surface area contributed by atoms with Crippen LogP contribution in [0.3, 0.4) is 0 Å². The molecule has 1 saturated heterocycles. The summed E-state index contributed by atoms with van der Waals surface area (Å²) >= 11 is 0. The number of nitrogens with zero attached hydrogens (tertiary/aromatic N) is 1. The molecule has 0 spiro atoms. The Morgan fingerprint density at radius 3 is 2.70 bits per heavy atom. The Bertz CT molecular complexity index is 574. The summed E-state index contributed by atoms with van der Waals surface area (Å²) in [6.07, 6.45) is 0.632. The van der Waals surface area contributed by atoms with Crippen molar-refractivity contribution in [3.8, 4) is 0 Å². The van der Waals surface area contributed by atoms with Crippen molar-refractivity contribution in [2.45, 2.75) is 24.9 Å². The number of imide groups is 1. The van der Waals surface area contributed by atoms with Crippen LogP contribution in [0.4, 0.5) is 5.69 Å². The Labute approximate surface area is 116 Å². The van der Waals surface area contributed by atoms with E-state index in [0.29, 0.717) is 6.42 Å². The molecule has 2 heterocycles. The van der Waals surface area contributed by atoms with Crippen molar-refractivity contribution in [2.24, 2.45) is 0 Å². The number of likely N-dealkylation sites (tertiary alicyclic amines) is 1. The summed E-state index contributed by atoms with van der Waals surface area (Å²) in [5.74, 6) is -0.857. The molecule has 0 aliphatic carbocycles. The molecule has 6 nitrogen and oxygen atoms in total. The van der Waals surface area contributed by atoms with E-state index in [1.807, 2.05) is 24.3 Å². The number of carbonyl (C=O) groups excluding carboxylic acids is 3. The Kier molecular flexibility index (Phi) is 2.93. The van der Waals surface area contributed by atoms with E-state index in [4.69, 9.17) is 0 Å². The normalized spacial score (nSPS) is 24.6. The van der Waals surface area contributed by atoms with Crippen molar-refractivity contribution >= 4 is 23.4 Å². The third-order valence-corrected chi connectivity index (χ3v) is 3.79. The average Bonchev–Trinajstić information content (AvgIpc) is 2.97. The van der Waals surface area contributed by atoms with E-state index in [1.54, 1.807) is 0 Å². The van der Waals surface area contributed by atoms with Gasteiger partial charge in [-0.3, -0.25) is 19.3 Å². The molecule has 0 bridgehead atoms. The minimum Gasteiger partial charge on any atom is -0.373 e. The van der Waals surface area contributed by atoms with E-state index in [1.165, 1.54) is 7.05 Å². The maximum Gasteiger partial charge on any atom is 0.252 e. The summed E-state index contributed by atoms with van der Waals surface area (Å²) < 4.78 is 0. The number of amides is 3. The zero-order valence-electron chi connectivity index (χ0n) is 11.1. The molecule has 1 fully saturated rings. The molecule has 20 heavy (non-hydrogen) atoms. The second kappa shape index (κ2) is 4.63. The van der Waals surface area contributed by atoms with E-state index >= 15 is 0 Å².